The van der Waals surface area contributed by atoms with Gasteiger partial charge in [-0.2, -0.15) is 5.10 Å². The molecule has 2 aromatic carbocycles. The summed E-state index contributed by atoms with van der Waals surface area (Å²) in [5, 5.41) is 17.5. The minimum atomic E-state index is -0.803. The monoisotopic (exact) mass is 421 g/mol. The number of carbonyl (C=O) groups is 1. The van der Waals surface area contributed by atoms with Gasteiger partial charge in [-0.05, 0) is 35.9 Å². The second-order valence-corrected chi connectivity index (χ2v) is 7.59. The number of rotatable bonds is 4. The van der Waals surface area contributed by atoms with Crippen molar-refractivity contribution in [2.45, 2.75) is 18.6 Å². The predicted molar refractivity (Wildman–Crippen MR) is 112 cm³/mol. The van der Waals surface area contributed by atoms with Crippen LogP contribution in [0.5, 0.6) is 17.2 Å². The van der Waals surface area contributed by atoms with Crippen LogP contribution >= 0.6 is 0 Å². The third kappa shape index (κ3) is 3.94. The van der Waals surface area contributed by atoms with Crippen molar-refractivity contribution in [1.29, 1.82) is 0 Å². The molecule has 0 bridgehead atoms. The molecule has 2 aliphatic rings. The van der Waals surface area contributed by atoms with E-state index >= 15 is 0 Å². The van der Waals surface area contributed by atoms with E-state index in [-0.39, 0.29) is 12.5 Å². The highest BCUT2D eigenvalue weighted by Crippen LogP contribution is 2.40. The SMILES string of the molecule is O=C(c1ccc(-c2ccn[nH]2)cc1)N1CC[C@@H](Oc2cccc3c2OCCO3)[C@H](O)C1. The van der Waals surface area contributed by atoms with Gasteiger partial charge in [-0.15, -0.1) is 0 Å². The zero-order valence-corrected chi connectivity index (χ0v) is 16.9. The molecule has 0 unspecified atom stereocenters. The Hall–Kier alpha value is -3.52. The van der Waals surface area contributed by atoms with Crippen LogP contribution < -0.4 is 14.2 Å². The number of likely N-dealkylation sites (tertiary alicyclic amines) is 1. The van der Waals surface area contributed by atoms with Crippen molar-refractivity contribution in [3.63, 3.8) is 0 Å². The number of nitrogens with one attached hydrogen (secondary N) is 1. The Kier molecular flexibility index (Phi) is 5.21. The molecule has 0 radical (unpaired) electrons. The maximum absolute atomic E-state index is 12.9. The molecule has 0 spiro atoms. The lowest BCUT2D eigenvalue weighted by molar-refractivity contribution is -0.0214. The first-order valence-corrected chi connectivity index (χ1v) is 10.3. The topological polar surface area (TPSA) is 96.9 Å². The second-order valence-electron chi connectivity index (χ2n) is 7.59. The Morgan fingerprint density at radius 3 is 2.74 bits per heavy atom. The van der Waals surface area contributed by atoms with E-state index in [0.717, 1.165) is 11.3 Å². The fourth-order valence-corrected chi connectivity index (χ4v) is 3.93. The maximum Gasteiger partial charge on any atom is 0.253 e. The summed E-state index contributed by atoms with van der Waals surface area (Å²) in [6.07, 6.45) is 0.974. The molecular formula is C23H23N3O5. The molecule has 0 aliphatic carbocycles. The minimum Gasteiger partial charge on any atom is -0.486 e. The van der Waals surface area contributed by atoms with Crippen LogP contribution in [-0.4, -0.2) is 64.6 Å². The number of nitrogens with zero attached hydrogens (tertiary/aromatic N) is 2. The van der Waals surface area contributed by atoms with Gasteiger partial charge in [0.15, 0.2) is 11.5 Å². The van der Waals surface area contributed by atoms with E-state index in [4.69, 9.17) is 14.2 Å². The first-order valence-electron chi connectivity index (χ1n) is 10.3. The smallest absolute Gasteiger partial charge is 0.253 e. The number of aliphatic hydroxyl groups is 1. The van der Waals surface area contributed by atoms with E-state index in [9.17, 15) is 9.90 Å². The van der Waals surface area contributed by atoms with E-state index in [1.807, 2.05) is 30.3 Å². The Labute approximate surface area is 179 Å². The Bertz CT molecular complexity index is 1050. The summed E-state index contributed by atoms with van der Waals surface area (Å²) in [6.45, 7) is 1.66. The number of aliphatic hydroxyl groups excluding tert-OH is 1. The van der Waals surface area contributed by atoms with Crippen molar-refractivity contribution < 1.29 is 24.1 Å². The molecule has 1 amide bonds. The summed E-state index contributed by atoms with van der Waals surface area (Å²) in [5.74, 6) is 1.65. The van der Waals surface area contributed by atoms with Gasteiger partial charge in [-0.3, -0.25) is 9.89 Å². The van der Waals surface area contributed by atoms with Crippen molar-refractivity contribution in [2.75, 3.05) is 26.3 Å². The van der Waals surface area contributed by atoms with Crippen molar-refractivity contribution in [1.82, 2.24) is 15.1 Å². The molecule has 1 fully saturated rings. The number of piperidine rings is 1. The van der Waals surface area contributed by atoms with E-state index in [1.165, 1.54) is 0 Å². The van der Waals surface area contributed by atoms with Crippen LogP contribution in [0.2, 0.25) is 0 Å². The number of aromatic amines is 1. The number of ether oxygens (including phenoxy) is 3. The normalized spacial score (nSPS) is 20.4. The molecule has 2 atom stereocenters. The number of β-amino-alcohol motifs (C(OH)–C–C–N with tert-alkyl or cyclic N) is 1. The summed E-state index contributed by atoms with van der Waals surface area (Å²) in [4.78, 5) is 14.6. The summed E-state index contributed by atoms with van der Waals surface area (Å²) >= 11 is 0. The van der Waals surface area contributed by atoms with Gasteiger partial charge in [0.2, 0.25) is 5.75 Å². The number of hydrogen-bond donors (Lipinski definition) is 2. The van der Waals surface area contributed by atoms with Gasteiger partial charge in [-0.25, -0.2) is 0 Å². The van der Waals surface area contributed by atoms with Crippen molar-refractivity contribution in [2.24, 2.45) is 0 Å². The lowest BCUT2D eigenvalue weighted by Gasteiger charge is -2.36. The number of aromatic nitrogens is 2. The van der Waals surface area contributed by atoms with Gasteiger partial charge in [0.05, 0.1) is 12.2 Å². The summed E-state index contributed by atoms with van der Waals surface area (Å²) < 4.78 is 17.3. The number of benzene rings is 2. The second kappa shape index (κ2) is 8.31. The molecule has 31 heavy (non-hydrogen) atoms. The lowest BCUT2D eigenvalue weighted by Crippen LogP contribution is -2.51. The number of fused-ring (bicyclic) bond motifs is 1. The largest absolute Gasteiger partial charge is 0.486 e. The Morgan fingerprint density at radius 2 is 1.97 bits per heavy atom. The van der Waals surface area contributed by atoms with Gasteiger partial charge >= 0.3 is 0 Å². The molecule has 0 saturated carbocycles. The highest BCUT2D eigenvalue weighted by atomic mass is 16.6. The number of carbonyl (C=O) groups excluding carboxylic acids is 1. The quantitative estimate of drug-likeness (QED) is 0.672. The molecule has 3 aromatic rings. The molecule has 3 heterocycles. The maximum atomic E-state index is 12.9. The van der Waals surface area contributed by atoms with Crippen LogP contribution in [0.4, 0.5) is 0 Å². The molecule has 8 nitrogen and oxygen atoms in total. The Morgan fingerprint density at radius 1 is 1.13 bits per heavy atom. The van der Waals surface area contributed by atoms with E-state index in [1.54, 1.807) is 29.3 Å². The van der Waals surface area contributed by atoms with Crippen LogP contribution in [-0.2, 0) is 0 Å². The van der Waals surface area contributed by atoms with Gasteiger partial charge in [0, 0.05) is 24.7 Å². The standard InChI is InChI=1S/C23H23N3O5/c27-18-14-26(23(28)16-6-4-15(5-7-16)17-8-10-24-25-17)11-9-19(18)31-21-3-1-2-20-22(21)30-13-12-29-20/h1-8,10,18-19,27H,9,11-14H2,(H,24,25)/t18-,19-/m1/s1. The summed E-state index contributed by atoms with van der Waals surface area (Å²) in [7, 11) is 0. The molecule has 1 aromatic heterocycles. The van der Waals surface area contributed by atoms with E-state index < -0.39 is 12.2 Å². The summed E-state index contributed by atoms with van der Waals surface area (Å²) in [6, 6.07) is 14.7. The van der Waals surface area contributed by atoms with E-state index in [0.29, 0.717) is 49.0 Å². The van der Waals surface area contributed by atoms with E-state index in [2.05, 4.69) is 10.2 Å². The van der Waals surface area contributed by atoms with Gasteiger partial charge < -0.3 is 24.2 Å². The minimum absolute atomic E-state index is 0.109. The fourth-order valence-electron chi connectivity index (χ4n) is 3.93. The fraction of sp³-hybridized carbons (Fsp3) is 0.304. The summed E-state index contributed by atoms with van der Waals surface area (Å²) in [5.41, 5.74) is 2.43. The molecule has 8 heteroatoms. The van der Waals surface area contributed by atoms with Crippen molar-refractivity contribution in [3.05, 3.63) is 60.3 Å². The molecule has 2 N–H and O–H groups in total. The predicted octanol–water partition coefficient (Wildman–Crippen LogP) is 2.50. The van der Waals surface area contributed by atoms with Crippen LogP contribution in [0.15, 0.2) is 54.7 Å². The zero-order valence-electron chi connectivity index (χ0n) is 16.9. The van der Waals surface area contributed by atoms with Gasteiger partial charge in [0.1, 0.15) is 25.4 Å². The van der Waals surface area contributed by atoms with Crippen LogP contribution in [0.1, 0.15) is 16.8 Å². The van der Waals surface area contributed by atoms with Crippen LogP contribution in [0.3, 0.4) is 0 Å². The average Bonchev–Trinajstić information content (AvgIpc) is 3.35. The van der Waals surface area contributed by atoms with Crippen LogP contribution in [0.25, 0.3) is 11.3 Å². The number of para-hydroxylation sites is 1. The van der Waals surface area contributed by atoms with Gasteiger partial charge in [-0.1, -0.05) is 18.2 Å². The average molecular weight is 421 g/mol. The number of amides is 1. The first kappa shape index (κ1) is 19.4. The van der Waals surface area contributed by atoms with Crippen molar-refractivity contribution in [3.8, 4) is 28.5 Å². The van der Waals surface area contributed by atoms with Crippen LogP contribution in [0, 0.1) is 0 Å². The molecular weight excluding hydrogens is 398 g/mol. The first-order chi connectivity index (χ1) is 15.2. The zero-order chi connectivity index (χ0) is 21.2. The number of H-pyrrole nitrogens is 1. The molecule has 5 rings (SSSR count). The Balaban J connectivity index is 1.23. The third-order valence-corrected chi connectivity index (χ3v) is 5.56. The lowest BCUT2D eigenvalue weighted by atomic mass is 10.0. The molecule has 160 valence electrons. The van der Waals surface area contributed by atoms with Gasteiger partial charge in [0.25, 0.3) is 5.91 Å². The number of hydrogen-bond acceptors (Lipinski definition) is 6. The highest BCUT2D eigenvalue weighted by Gasteiger charge is 2.33. The third-order valence-electron chi connectivity index (χ3n) is 5.56. The highest BCUT2D eigenvalue weighted by molar-refractivity contribution is 5.94. The molecule has 2 aliphatic heterocycles. The van der Waals surface area contributed by atoms with Crippen molar-refractivity contribution >= 4 is 5.91 Å². The molecule has 1 saturated heterocycles.